The Morgan fingerprint density at radius 1 is 0.318 bits per heavy atom. The summed E-state index contributed by atoms with van der Waals surface area (Å²) >= 11 is 0. The average molecular weight is 567 g/mol. The van der Waals surface area contributed by atoms with Gasteiger partial charge in [-0.1, -0.05) is 115 Å². The molecule has 0 bridgehead atoms. The monoisotopic (exact) mass is 566 g/mol. The summed E-state index contributed by atoms with van der Waals surface area (Å²) in [5.41, 5.74) is 11.7. The quantitative estimate of drug-likeness (QED) is 0.181. The third-order valence-electron chi connectivity index (χ3n) is 8.08. The molecule has 2 nitrogen and oxygen atoms in total. The number of benzene rings is 6. The van der Waals surface area contributed by atoms with Crippen molar-refractivity contribution in [2.45, 2.75) is 12.8 Å². The Morgan fingerprint density at radius 2 is 0.682 bits per heavy atom. The molecule has 1 aliphatic carbocycles. The van der Waals surface area contributed by atoms with E-state index in [1.165, 1.54) is 28.0 Å². The minimum atomic E-state index is 1.06. The number of hydrogen-bond acceptors (Lipinski definition) is 2. The van der Waals surface area contributed by atoms with Gasteiger partial charge in [0.15, 0.2) is 0 Å². The largest absolute Gasteiger partial charge is 0.311 e. The lowest BCUT2D eigenvalue weighted by Gasteiger charge is -2.29. The summed E-state index contributed by atoms with van der Waals surface area (Å²) in [5.74, 6) is 0. The minimum absolute atomic E-state index is 1.06. The van der Waals surface area contributed by atoms with E-state index in [0.29, 0.717) is 0 Å². The maximum Gasteiger partial charge on any atom is 0.0463 e. The van der Waals surface area contributed by atoms with Crippen LogP contribution in [0.2, 0.25) is 0 Å². The molecule has 1 aliphatic rings. The molecule has 0 fully saturated rings. The SMILES string of the molecule is C1=CC(N(c2ccccc2)c2ccc(N(c3ccccc3)c3ccc(-c4ccc(-c5ccccc5)cc4)cc3)cc2)=CCC1. The van der Waals surface area contributed by atoms with E-state index < -0.39 is 0 Å². The molecule has 0 saturated heterocycles. The second-order valence-electron chi connectivity index (χ2n) is 11.0. The van der Waals surface area contributed by atoms with E-state index in [1.54, 1.807) is 0 Å². The van der Waals surface area contributed by atoms with Crippen molar-refractivity contribution in [3.8, 4) is 22.3 Å². The molecule has 2 heteroatoms. The Kier molecular flexibility index (Phi) is 7.88. The van der Waals surface area contributed by atoms with Crippen LogP contribution in [-0.4, -0.2) is 0 Å². The first kappa shape index (κ1) is 27.2. The van der Waals surface area contributed by atoms with Crippen LogP contribution in [0.25, 0.3) is 22.3 Å². The number of para-hydroxylation sites is 2. The van der Waals surface area contributed by atoms with Gasteiger partial charge in [0.2, 0.25) is 0 Å². The van der Waals surface area contributed by atoms with Crippen molar-refractivity contribution < 1.29 is 0 Å². The van der Waals surface area contributed by atoms with Gasteiger partial charge in [-0.05, 0) is 102 Å². The van der Waals surface area contributed by atoms with Gasteiger partial charge in [0.05, 0.1) is 0 Å². The molecule has 0 atom stereocenters. The Balaban J connectivity index is 1.20. The van der Waals surface area contributed by atoms with Crippen LogP contribution in [0.5, 0.6) is 0 Å². The van der Waals surface area contributed by atoms with Crippen LogP contribution in [0.15, 0.2) is 188 Å². The van der Waals surface area contributed by atoms with Crippen LogP contribution >= 0.6 is 0 Å². The molecule has 0 amide bonds. The Labute approximate surface area is 260 Å². The maximum atomic E-state index is 2.34. The first-order valence-electron chi connectivity index (χ1n) is 15.3. The topological polar surface area (TPSA) is 6.48 Å². The Morgan fingerprint density at radius 3 is 1.16 bits per heavy atom. The number of nitrogens with zero attached hydrogens (tertiary/aromatic N) is 2. The summed E-state index contributed by atoms with van der Waals surface area (Å²) in [6, 6.07) is 58.3. The van der Waals surface area contributed by atoms with Crippen LogP contribution in [0.4, 0.5) is 28.4 Å². The minimum Gasteiger partial charge on any atom is -0.311 e. The van der Waals surface area contributed by atoms with Crippen molar-refractivity contribution in [1.29, 1.82) is 0 Å². The molecule has 0 radical (unpaired) electrons. The zero-order valence-electron chi connectivity index (χ0n) is 24.6. The molecule has 212 valence electrons. The third kappa shape index (κ3) is 5.84. The second-order valence-corrected chi connectivity index (χ2v) is 11.0. The van der Waals surface area contributed by atoms with Crippen molar-refractivity contribution in [2.75, 3.05) is 9.80 Å². The Bertz CT molecular complexity index is 1850. The lowest BCUT2D eigenvalue weighted by atomic mass is 10.00. The van der Waals surface area contributed by atoms with E-state index in [4.69, 9.17) is 0 Å². The summed E-state index contributed by atoms with van der Waals surface area (Å²) in [6.07, 6.45) is 8.97. The molecule has 6 aromatic rings. The summed E-state index contributed by atoms with van der Waals surface area (Å²) in [6.45, 7) is 0. The van der Waals surface area contributed by atoms with Crippen LogP contribution in [-0.2, 0) is 0 Å². The zero-order chi connectivity index (χ0) is 29.6. The smallest absolute Gasteiger partial charge is 0.0463 e. The van der Waals surface area contributed by atoms with E-state index in [9.17, 15) is 0 Å². The summed E-state index contributed by atoms with van der Waals surface area (Å²) in [7, 11) is 0. The highest BCUT2D eigenvalue weighted by Crippen LogP contribution is 2.38. The van der Waals surface area contributed by atoms with Crippen LogP contribution in [0, 0.1) is 0 Å². The standard InChI is InChI=1S/C42H34N2/c1-5-13-33(14-6-1)34-21-23-35(24-22-34)36-25-27-40(28-26-36)44(39-19-11-4-12-20-39)42-31-29-41(30-32-42)43(37-15-7-2-8-16-37)38-17-9-3-10-18-38/h1-2,4-9,11-32H,3,10H2. The molecule has 7 rings (SSSR count). The molecule has 44 heavy (non-hydrogen) atoms. The average Bonchev–Trinajstić information content (AvgIpc) is 3.11. The van der Waals surface area contributed by atoms with E-state index in [-0.39, 0.29) is 0 Å². The predicted molar refractivity (Wildman–Crippen MR) is 187 cm³/mol. The summed E-state index contributed by atoms with van der Waals surface area (Å²) in [5, 5.41) is 0. The fourth-order valence-corrected chi connectivity index (χ4v) is 5.85. The van der Waals surface area contributed by atoms with Crippen LogP contribution in [0.3, 0.4) is 0 Å². The molecule has 6 aromatic carbocycles. The highest BCUT2D eigenvalue weighted by atomic mass is 15.2. The van der Waals surface area contributed by atoms with Crippen LogP contribution < -0.4 is 9.80 Å². The fourth-order valence-electron chi connectivity index (χ4n) is 5.85. The first-order chi connectivity index (χ1) is 21.8. The van der Waals surface area contributed by atoms with Gasteiger partial charge in [-0.3, -0.25) is 0 Å². The molecule has 0 spiro atoms. The van der Waals surface area contributed by atoms with Crippen molar-refractivity contribution in [2.24, 2.45) is 0 Å². The summed E-state index contributed by atoms with van der Waals surface area (Å²) < 4.78 is 0. The summed E-state index contributed by atoms with van der Waals surface area (Å²) in [4.78, 5) is 4.66. The molecule has 0 N–H and O–H groups in total. The number of anilines is 5. The van der Waals surface area contributed by atoms with Gasteiger partial charge >= 0.3 is 0 Å². The number of allylic oxidation sites excluding steroid dienone is 3. The van der Waals surface area contributed by atoms with Crippen molar-refractivity contribution >= 4 is 28.4 Å². The lowest BCUT2D eigenvalue weighted by Crippen LogP contribution is -2.16. The van der Waals surface area contributed by atoms with Gasteiger partial charge < -0.3 is 9.80 Å². The van der Waals surface area contributed by atoms with Crippen molar-refractivity contribution in [1.82, 2.24) is 0 Å². The van der Waals surface area contributed by atoms with Crippen molar-refractivity contribution in [3.05, 3.63) is 188 Å². The van der Waals surface area contributed by atoms with Gasteiger partial charge in [0, 0.05) is 34.1 Å². The van der Waals surface area contributed by atoms with E-state index in [1.807, 2.05) is 0 Å². The van der Waals surface area contributed by atoms with Crippen molar-refractivity contribution in [3.63, 3.8) is 0 Å². The fraction of sp³-hybridized carbons (Fsp3) is 0.0476. The molecule has 0 aromatic heterocycles. The molecule has 0 unspecified atom stereocenters. The predicted octanol–water partition coefficient (Wildman–Crippen LogP) is 11.9. The zero-order valence-corrected chi connectivity index (χ0v) is 24.6. The van der Waals surface area contributed by atoms with Gasteiger partial charge in [0.1, 0.15) is 0 Å². The molecule has 0 saturated carbocycles. The third-order valence-corrected chi connectivity index (χ3v) is 8.08. The highest BCUT2D eigenvalue weighted by molar-refractivity contribution is 5.80. The van der Waals surface area contributed by atoms with Gasteiger partial charge in [0.25, 0.3) is 0 Å². The number of hydrogen-bond donors (Lipinski definition) is 0. The van der Waals surface area contributed by atoms with Crippen LogP contribution in [0.1, 0.15) is 12.8 Å². The second kappa shape index (κ2) is 12.7. The van der Waals surface area contributed by atoms with E-state index in [2.05, 4.69) is 192 Å². The van der Waals surface area contributed by atoms with Gasteiger partial charge in [-0.2, -0.15) is 0 Å². The molecular formula is C42H34N2. The molecule has 0 heterocycles. The maximum absolute atomic E-state index is 2.34. The molecular weight excluding hydrogens is 532 g/mol. The van der Waals surface area contributed by atoms with Gasteiger partial charge in [-0.25, -0.2) is 0 Å². The number of rotatable bonds is 8. The molecule has 0 aliphatic heterocycles. The van der Waals surface area contributed by atoms with Gasteiger partial charge in [-0.15, -0.1) is 0 Å². The van der Waals surface area contributed by atoms with E-state index >= 15 is 0 Å². The lowest BCUT2D eigenvalue weighted by molar-refractivity contribution is 0.997. The first-order valence-corrected chi connectivity index (χ1v) is 15.3. The van der Waals surface area contributed by atoms with E-state index in [0.717, 1.165) is 41.3 Å². The normalized spacial score (nSPS) is 12.4. The highest BCUT2D eigenvalue weighted by Gasteiger charge is 2.17. The Hall–Kier alpha value is -5.60.